The number of hydrogen-bond donors (Lipinski definition) is 1. The first kappa shape index (κ1) is 26.7. The normalized spacial score (nSPS) is 15.0. The Labute approximate surface area is 206 Å². The van der Waals surface area contributed by atoms with Crippen molar-refractivity contribution in [1.82, 2.24) is 15.1 Å². The molecule has 11 heteroatoms. The fourth-order valence-electron chi connectivity index (χ4n) is 3.81. The van der Waals surface area contributed by atoms with Crippen LogP contribution in [-0.2, 0) is 14.8 Å². The van der Waals surface area contributed by atoms with Crippen LogP contribution in [0.3, 0.4) is 0 Å². The van der Waals surface area contributed by atoms with Crippen LogP contribution in [0, 0.1) is 5.82 Å². The lowest BCUT2D eigenvalue weighted by atomic mass is 10.3. The summed E-state index contributed by atoms with van der Waals surface area (Å²) >= 11 is 0. The van der Waals surface area contributed by atoms with E-state index in [0.29, 0.717) is 12.3 Å². The summed E-state index contributed by atoms with van der Waals surface area (Å²) in [6.45, 7) is 4.87. The van der Waals surface area contributed by atoms with Crippen molar-refractivity contribution < 1.29 is 27.1 Å². The molecule has 1 amide bonds. The number of carbonyl (C=O) groups excluding carboxylic acids is 1. The number of likely N-dealkylation sites (N-methyl/N-ethyl adjacent to an activating group) is 1. The third kappa shape index (κ3) is 7.06. The van der Waals surface area contributed by atoms with Crippen molar-refractivity contribution in [3.8, 4) is 11.5 Å². The Morgan fingerprint density at radius 3 is 2.31 bits per heavy atom. The molecule has 1 N–H and O–H groups in total. The van der Waals surface area contributed by atoms with Gasteiger partial charge in [0.25, 0.3) is 10.0 Å². The molecular formula is C24H33FN4O5S. The van der Waals surface area contributed by atoms with E-state index in [0.717, 1.165) is 55.6 Å². The van der Waals surface area contributed by atoms with Gasteiger partial charge in [-0.2, -0.15) is 0 Å². The van der Waals surface area contributed by atoms with Gasteiger partial charge in [0, 0.05) is 38.8 Å². The summed E-state index contributed by atoms with van der Waals surface area (Å²) in [5.74, 6) is -0.346. The van der Waals surface area contributed by atoms with Crippen molar-refractivity contribution in [2.45, 2.75) is 11.3 Å². The molecule has 0 spiro atoms. The molecule has 3 rings (SSSR count). The number of benzene rings is 2. The van der Waals surface area contributed by atoms with E-state index in [9.17, 15) is 17.6 Å². The van der Waals surface area contributed by atoms with Crippen molar-refractivity contribution in [2.24, 2.45) is 0 Å². The highest BCUT2D eigenvalue weighted by Gasteiger charge is 2.28. The number of rotatable bonds is 11. The molecular weight excluding hydrogens is 475 g/mol. The maximum atomic E-state index is 13.5. The molecule has 0 radical (unpaired) electrons. The van der Waals surface area contributed by atoms with Gasteiger partial charge in [-0.1, -0.05) is 0 Å². The third-order valence-corrected chi connectivity index (χ3v) is 7.68. The molecule has 0 unspecified atom stereocenters. The first-order valence-electron chi connectivity index (χ1n) is 11.4. The minimum atomic E-state index is -4.17. The number of carbonyl (C=O) groups is 1. The zero-order chi connectivity index (χ0) is 25.4. The predicted molar refractivity (Wildman–Crippen MR) is 132 cm³/mol. The lowest BCUT2D eigenvalue weighted by Crippen LogP contribution is -2.45. The van der Waals surface area contributed by atoms with Crippen LogP contribution in [0.1, 0.15) is 6.42 Å². The largest absolute Gasteiger partial charge is 0.493 e. The number of hydrogen-bond acceptors (Lipinski definition) is 7. The fraction of sp³-hybridized carbons (Fsp3) is 0.458. The van der Waals surface area contributed by atoms with E-state index >= 15 is 0 Å². The Morgan fingerprint density at radius 1 is 1.03 bits per heavy atom. The quantitative estimate of drug-likeness (QED) is 0.463. The van der Waals surface area contributed by atoms with Crippen molar-refractivity contribution in [2.75, 3.05) is 71.4 Å². The van der Waals surface area contributed by atoms with Crippen molar-refractivity contribution >= 4 is 21.6 Å². The Morgan fingerprint density at radius 2 is 1.69 bits per heavy atom. The molecule has 1 aliphatic heterocycles. The van der Waals surface area contributed by atoms with E-state index in [1.165, 1.54) is 44.6 Å². The summed E-state index contributed by atoms with van der Waals surface area (Å²) in [5, 5.41) is 2.81. The summed E-state index contributed by atoms with van der Waals surface area (Å²) in [6, 6.07) is 9.15. The van der Waals surface area contributed by atoms with Gasteiger partial charge in [-0.15, -0.1) is 0 Å². The van der Waals surface area contributed by atoms with Gasteiger partial charge in [-0.25, -0.2) is 12.8 Å². The van der Waals surface area contributed by atoms with E-state index in [-0.39, 0.29) is 16.3 Å². The Balaban J connectivity index is 1.71. The first-order valence-corrected chi connectivity index (χ1v) is 12.9. The molecule has 1 saturated heterocycles. The first-order chi connectivity index (χ1) is 16.7. The van der Waals surface area contributed by atoms with Gasteiger partial charge in [0.05, 0.1) is 24.8 Å². The smallest absolute Gasteiger partial charge is 0.264 e. The van der Waals surface area contributed by atoms with Crippen molar-refractivity contribution in [3.63, 3.8) is 0 Å². The van der Waals surface area contributed by atoms with Crippen LogP contribution in [0.2, 0.25) is 0 Å². The van der Waals surface area contributed by atoms with E-state index < -0.39 is 28.3 Å². The summed E-state index contributed by atoms with van der Waals surface area (Å²) in [4.78, 5) is 17.3. The van der Waals surface area contributed by atoms with Crippen molar-refractivity contribution in [1.29, 1.82) is 0 Å². The van der Waals surface area contributed by atoms with E-state index in [1.54, 1.807) is 0 Å². The van der Waals surface area contributed by atoms with E-state index in [2.05, 4.69) is 22.2 Å². The van der Waals surface area contributed by atoms with Gasteiger partial charge >= 0.3 is 0 Å². The molecule has 35 heavy (non-hydrogen) atoms. The molecule has 1 aliphatic rings. The monoisotopic (exact) mass is 508 g/mol. The van der Waals surface area contributed by atoms with Crippen LogP contribution >= 0.6 is 0 Å². The van der Waals surface area contributed by atoms with Gasteiger partial charge in [-0.3, -0.25) is 9.10 Å². The van der Waals surface area contributed by atoms with Gasteiger partial charge in [0.15, 0.2) is 11.5 Å². The van der Waals surface area contributed by atoms with E-state index in [4.69, 9.17) is 9.47 Å². The highest BCUT2D eigenvalue weighted by Crippen LogP contribution is 2.32. The number of amides is 1. The lowest BCUT2D eigenvalue weighted by Gasteiger charge is -2.32. The molecule has 1 heterocycles. The number of halogens is 1. The van der Waals surface area contributed by atoms with Crippen LogP contribution in [-0.4, -0.2) is 91.2 Å². The summed E-state index contributed by atoms with van der Waals surface area (Å²) < 4.78 is 51.9. The van der Waals surface area contributed by atoms with Crippen LogP contribution in [0.4, 0.5) is 10.1 Å². The highest BCUT2D eigenvalue weighted by molar-refractivity contribution is 7.92. The topological polar surface area (TPSA) is 91.4 Å². The number of nitrogens with one attached hydrogen (secondary N) is 1. The van der Waals surface area contributed by atoms with Crippen LogP contribution in [0.25, 0.3) is 0 Å². The molecule has 2 aromatic rings. The SMILES string of the molecule is COc1ccc(S(=O)(=O)N(CC(=O)NCCCN2CCN(C)CC2)c2ccc(F)cc2)cc1OC. The molecule has 2 aromatic carbocycles. The standard InChI is InChI=1S/C24H33FN4O5S/c1-27-13-15-28(16-14-27)12-4-11-26-24(30)18-29(20-7-5-19(25)6-8-20)35(31,32)21-9-10-22(33-2)23(17-21)34-3/h5-10,17H,4,11-16,18H2,1-3H3,(H,26,30). The number of nitrogens with zero attached hydrogens (tertiary/aromatic N) is 3. The van der Waals surface area contributed by atoms with Crippen LogP contribution in [0.15, 0.2) is 47.4 Å². The average molecular weight is 509 g/mol. The average Bonchev–Trinajstić information content (AvgIpc) is 2.86. The number of sulfonamides is 1. The van der Waals surface area contributed by atoms with Gasteiger partial charge < -0.3 is 24.6 Å². The maximum absolute atomic E-state index is 13.5. The van der Waals surface area contributed by atoms with Crippen LogP contribution in [0.5, 0.6) is 11.5 Å². The molecule has 0 saturated carbocycles. The fourth-order valence-corrected chi connectivity index (χ4v) is 5.25. The zero-order valence-electron chi connectivity index (χ0n) is 20.4. The second kappa shape index (κ2) is 12.2. The van der Waals surface area contributed by atoms with Gasteiger partial charge in [0.2, 0.25) is 5.91 Å². The molecule has 1 fully saturated rings. The predicted octanol–water partition coefficient (Wildman–Crippen LogP) is 1.79. The molecule has 9 nitrogen and oxygen atoms in total. The Hall–Kier alpha value is -2.89. The number of methoxy groups -OCH3 is 2. The van der Waals surface area contributed by atoms with Gasteiger partial charge in [-0.05, 0) is 56.4 Å². The van der Waals surface area contributed by atoms with Crippen LogP contribution < -0.4 is 19.1 Å². The Kier molecular flexibility index (Phi) is 9.30. The zero-order valence-corrected chi connectivity index (χ0v) is 21.2. The summed E-state index contributed by atoms with van der Waals surface area (Å²) in [7, 11) is 0.780. The second-order valence-corrected chi connectivity index (χ2v) is 10.2. The maximum Gasteiger partial charge on any atom is 0.264 e. The number of piperazine rings is 1. The highest BCUT2D eigenvalue weighted by atomic mass is 32.2. The molecule has 192 valence electrons. The molecule has 0 aliphatic carbocycles. The van der Waals surface area contributed by atoms with Crippen molar-refractivity contribution in [3.05, 3.63) is 48.3 Å². The molecule has 0 aromatic heterocycles. The third-order valence-electron chi connectivity index (χ3n) is 5.91. The number of ether oxygens (including phenoxy) is 2. The minimum Gasteiger partial charge on any atom is -0.493 e. The molecule has 0 bridgehead atoms. The van der Waals surface area contributed by atoms with E-state index in [1.807, 2.05) is 0 Å². The Bertz CT molecular complexity index is 1090. The minimum absolute atomic E-state index is 0.0812. The second-order valence-electron chi connectivity index (χ2n) is 8.35. The molecule has 0 atom stereocenters. The van der Waals surface area contributed by atoms with Gasteiger partial charge in [0.1, 0.15) is 12.4 Å². The number of anilines is 1. The summed E-state index contributed by atoms with van der Waals surface area (Å²) in [5.41, 5.74) is 0.175. The summed E-state index contributed by atoms with van der Waals surface area (Å²) in [6.07, 6.45) is 0.758. The lowest BCUT2D eigenvalue weighted by molar-refractivity contribution is -0.119.